The lowest BCUT2D eigenvalue weighted by molar-refractivity contribution is -0.123. The zero-order valence-corrected chi connectivity index (χ0v) is 24.5. The quantitative estimate of drug-likeness (QED) is 0.0715. The first-order valence-electron chi connectivity index (χ1n) is 13.8. The first kappa shape index (κ1) is 30.9. The number of hydrogen-bond acceptors (Lipinski definition) is 5. The fourth-order valence-electron chi connectivity index (χ4n) is 4.80. The van der Waals surface area contributed by atoms with Crippen LogP contribution in [0.15, 0.2) is 72.8 Å². The van der Waals surface area contributed by atoms with Crippen molar-refractivity contribution in [3.63, 3.8) is 0 Å². The van der Waals surface area contributed by atoms with Crippen molar-refractivity contribution in [2.45, 2.75) is 19.3 Å². The molecule has 0 bridgehead atoms. The van der Waals surface area contributed by atoms with Crippen LogP contribution >= 0.6 is 11.6 Å². The van der Waals surface area contributed by atoms with Gasteiger partial charge in [-0.2, -0.15) is 4.39 Å². The normalized spacial score (nSPS) is 13.9. The third-order valence-corrected chi connectivity index (χ3v) is 7.55. The highest BCUT2D eigenvalue weighted by Crippen LogP contribution is 2.47. The molecule has 0 radical (unpaired) electrons. The van der Waals surface area contributed by atoms with Crippen LogP contribution in [0.3, 0.4) is 0 Å². The van der Waals surface area contributed by atoms with E-state index < -0.39 is 11.8 Å². The Morgan fingerprint density at radius 3 is 2.43 bits per heavy atom. The molecule has 0 spiro atoms. The summed E-state index contributed by atoms with van der Waals surface area (Å²) in [5.74, 6) is -0.754. The summed E-state index contributed by atoms with van der Waals surface area (Å²) in [6, 6.07) is 17.0. The van der Waals surface area contributed by atoms with Crippen molar-refractivity contribution >= 4 is 40.3 Å². The zero-order valence-electron chi connectivity index (χ0n) is 23.7. The molecule has 6 nitrogen and oxygen atoms in total. The van der Waals surface area contributed by atoms with Crippen LogP contribution in [0.5, 0.6) is 5.75 Å². The number of amides is 1. The first-order valence-corrected chi connectivity index (χ1v) is 14.2. The number of ether oxygens (including phenoxy) is 1. The van der Waals surface area contributed by atoms with Gasteiger partial charge in [0.15, 0.2) is 0 Å². The van der Waals surface area contributed by atoms with Crippen molar-refractivity contribution in [2.24, 2.45) is 5.92 Å². The summed E-state index contributed by atoms with van der Waals surface area (Å²) in [4.78, 5) is 13.1. The van der Waals surface area contributed by atoms with Crippen molar-refractivity contribution < 1.29 is 18.3 Å². The van der Waals surface area contributed by atoms with Gasteiger partial charge in [-0.25, -0.2) is 4.39 Å². The maximum atomic E-state index is 14.1. The lowest BCUT2D eigenvalue weighted by Gasteiger charge is -2.32. The lowest BCUT2D eigenvalue weighted by Crippen LogP contribution is -2.22. The number of nitrogens with two attached hydrogens (primary N) is 1. The Hall–Kier alpha value is -4.01. The molecule has 3 aromatic rings. The van der Waals surface area contributed by atoms with Crippen LogP contribution in [0.2, 0.25) is 5.02 Å². The molecule has 1 aliphatic carbocycles. The molecule has 0 saturated heterocycles. The molecule has 0 unspecified atom stereocenters. The number of carbonyl (C=O) groups excluding carboxylic acids is 1. The average Bonchev–Trinajstić information content (AvgIpc) is 2.92. The Kier molecular flexibility index (Phi) is 10.5. The fraction of sp³-hybridized carbons (Fsp3) is 0.273. The molecule has 0 atom stereocenters. The zero-order chi connectivity index (χ0) is 30.2. The van der Waals surface area contributed by atoms with Crippen LogP contribution in [-0.2, 0) is 4.79 Å². The number of carbonyl (C=O) groups is 1. The Bertz CT molecular complexity index is 1500. The van der Waals surface area contributed by atoms with E-state index in [-0.39, 0.29) is 23.1 Å². The van der Waals surface area contributed by atoms with E-state index in [1.54, 1.807) is 38.4 Å². The molecule has 0 aliphatic heterocycles. The smallest absolute Gasteiger partial charge is 0.245 e. The van der Waals surface area contributed by atoms with E-state index in [9.17, 15) is 13.6 Å². The van der Waals surface area contributed by atoms with Crippen LogP contribution in [0.25, 0.3) is 11.1 Å². The molecule has 1 amide bonds. The minimum absolute atomic E-state index is 0.0107. The Balaban J connectivity index is 1.64. The number of rotatable bonds is 12. The second-order valence-corrected chi connectivity index (χ2v) is 10.8. The van der Waals surface area contributed by atoms with E-state index in [0.29, 0.717) is 36.0 Å². The predicted octanol–water partition coefficient (Wildman–Crippen LogP) is 6.73. The number of nitrogens with one attached hydrogen (secondary N) is 2. The van der Waals surface area contributed by atoms with Crippen molar-refractivity contribution in [1.82, 2.24) is 10.2 Å². The molecule has 220 valence electrons. The minimum Gasteiger partial charge on any atom is -0.492 e. The maximum Gasteiger partial charge on any atom is 0.245 e. The molecule has 0 aromatic heterocycles. The van der Waals surface area contributed by atoms with Gasteiger partial charge in [0, 0.05) is 38.9 Å². The van der Waals surface area contributed by atoms with Crippen LogP contribution in [0, 0.1) is 17.1 Å². The number of nitrogens with zero attached hydrogens (tertiary/aromatic N) is 1. The van der Waals surface area contributed by atoms with Crippen LogP contribution < -0.4 is 15.8 Å². The molecule has 42 heavy (non-hydrogen) atoms. The maximum absolute atomic E-state index is 14.1. The highest BCUT2D eigenvalue weighted by molar-refractivity contribution is 6.32. The Morgan fingerprint density at radius 2 is 1.81 bits per heavy atom. The summed E-state index contributed by atoms with van der Waals surface area (Å²) >= 11 is 6.60. The van der Waals surface area contributed by atoms with Crippen molar-refractivity contribution in [1.29, 1.82) is 5.41 Å². The largest absolute Gasteiger partial charge is 0.492 e. The minimum atomic E-state index is -1.11. The number of halogens is 3. The number of benzene rings is 3. The number of likely N-dealkylation sites (N-methyl/N-ethyl adjacent to an activating group) is 1. The summed E-state index contributed by atoms with van der Waals surface area (Å²) in [7, 11) is 3.40. The van der Waals surface area contributed by atoms with E-state index in [1.165, 1.54) is 23.1 Å². The van der Waals surface area contributed by atoms with E-state index in [1.807, 2.05) is 30.3 Å². The van der Waals surface area contributed by atoms with E-state index in [2.05, 4.69) is 5.32 Å². The van der Waals surface area contributed by atoms with Gasteiger partial charge in [-0.1, -0.05) is 48.4 Å². The second kappa shape index (κ2) is 14.2. The summed E-state index contributed by atoms with van der Waals surface area (Å²) in [6.07, 6.45) is 6.24. The van der Waals surface area contributed by atoms with Crippen LogP contribution in [0.4, 0.5) is 14.5 Å². The van der Waals surface area contributed by atoms with Gasteiger partial charge in [-0.05, 0) is 83.0 Å². The number of nitrogen functional groups attached to an aromatic ring is 1. The van der Waals surface area contributed by atoms with Gasteiger partial charge in [0.1, 0.15) is 18.2 Å². The number of allylic oxidation sites excluding steroid dienone is 1. The van der Waals surface area contributed by atoms with Crippen LogP contribution in [-0.4, -0.2) is 50.6 Å². The SMILES string of the molecule is CN(C)C(=O)/C=C/CNCCOc1ccc(/C(=C(\c2ccc(F)cc2Cl)C2CCC2)c2ccc(N)c(C(=N)F)c2)cc1. The van der Waals surface area contributed by atoms with Gasteiger partial charge >= 0.3 is 0 Å². The highest BCUT2D eigenvalue weighted by atomic mass is 35.5. The molecule has 4 rings (SSSR count). The molecule has 3 aromatic carbocycles. The third kappa shape index (κ3) is 7.63. The van der Waals surface area contributed by atoms with E-state index in [0.717, 1.165) is 41.5 Å². The van der Waals surface area contributed by atoms with Gasteiger partial charge in [0.05, 0.1) is 10.6 Å². The van der Waals surface area contributed by atoms with Gasteiger partial charge in [-0.3, -0.25) is 10.2 Å². The van der Waals surface area contributed by atoms with Gasteiger partial charge in [0.2, 0.25) is 11.9 Å². The molecular weight excluding hydrogens is 558 g/mol. The molecular formula is C33H35ClF2N4O2. The highest BCUT2D eigenvalue weighted by Gasteiger charge is 2.29. The monoisotopic (exact) mass is 592 g/mol. The predicted molar refractivity (Wildman–Crippen MR) is 166 cm³/mol. The molecule has 9 heteroatoms. The summed E-state index contributed by atoms with van der Waals surface area (Å²) in [6.45, 7) is 1.56. The Labute approximate surface area is 250 Å². The summed E-state index contributed by atoms with van der Waals surface area (Å²) in [5, 5.41) is 11.1. The topological polar surface area (TPSA) is 91.4 Å². The average molecular weight is 593 g/mol. The van der Waals surface area contributed by atoms with E-state index >= 15 is 0 Å². The fourth-order valence-corrected chi connectivity index (χ4v) is 5.07. The van der Waals surface area contributed by atoms with Crippen LogP contribution in [0.1, 0.15) is 41.5 Å². The molecule has 1 aliphatic rings. The molecule has 1 saturated carbocycles. The van der Waals surface area contributed by atoms with Gasteiger partial charge < -0.3 is 20.7 Å². The first-order chi connectivity index (χ1) is 20.2. The van der Waals surface area contributed by atoms with Crippen molar-refractivity contribution in [2.75, 3.05) is 39.5 Å². The van der Waals surface area contributed by atoms with Gasteiger partial charge in [0.25, 0.3) is 0 Å². The summed E-state index contributed by atoms with van der Waals surface area (Å²) < 4.78 is 34.0. The molecule has 4 N–H and O–H groups in total. The van der Waals surface area contributed by atoms with Crippen molar-refractivity contribution in [3.05, 3.63) is 106 Å². The number of hydrogen-bond donors (Lipinski definition) is 3. The summed E-state index contributed by atoms with van der Waals surface area (Å²) in [5.41, 5.74) is 10.2. The second-order valence-electron chi connectivity index (χ2n) is 10.4. The molecule has 0 heterocycles. The molecule has 1 fully saturated rings. The Morgan fingerprint density at radius 1 is 1.10 bits per heavy atom. The third-order valence-electron chi connectivity index (χ3n) is 7.24. The lowest BCUT2D eigenvalue weighted by atomic mass is 9.73. The number of anilines is 1. The van der Waals surface area contributed by atoms with E-state index in [4.69, 9.17) is 27.5 Å². The standard InChI is InChI=1S/C33H35ClF2N4O2/c1-40(2)30(41)7-4-16-39-17-18-42-25-12-8-22(9-13-25)31(23-10-15-29(37)27(19-23)33(36)38)32(21-5-3-6-21)26-14-11-24(35)20-28(26)34/h4,7-15,19-21,38-39H,3,5-6,16-18,37H2,1-2H3/b7-4+,32-31+,38-33?. The van der Waals surface area contributed by atoms with Crippen molar-refractivity contribution in [3.8, 4) is 5.75 Å². The van der Waals surface area contributed by atoms with Gasteiger partial charge in [-0.15, -0.1) is 0 Å².